The molecule has 0 bridgehead atoms. The van der Waals surface area contributed by atoms with E-state index in [1.54, 1.807) is 0 Å². The van der Waals surface area contributed by atoms with Crippen LogP contribution >= 0.6 is 0 Å². The lowest BCUT2D eigenvalue weighted by molar-refractivity contribution is 0.202. The fourth-order valence-electron chi connectivity index (χ4n) is 0.0417. The van der Waals surface area contributed by atoms with Crippen LogP contribution in [0.2, 0.25) is 0 Å². The summed E-state index contributed by atoms with van der Waals surface area (Å²) in [7, 11) is 0. The van der Waals surface area contributed by atoms with Crippen molar-refractivity contribution in [1.29, 1.82) is 0 Å². The van der Waals surface area contributed by atoms with Crippen LogP contribution in [0.3, 0.4) is 0 Å². The highest BCUT2D eigenvalue weighted by molar-refractivity contribution is 5.50. The first kappa shape index (κ1) is 4.63. The number of hydrogen-bond donors (Lipinski definition) is 0. The highest BCUT2D eigenvalue weighted by atomic mass is 16.3. The van der Waals surface area contributed by atoms with Crippen molar-refractivity contribution >= 4 is 6.29 Å². The minimum absolute atomic E-state index is 0.0278. The topological polar surface area (TPSA) is 37.0 Å². The van der Waals surface area contributed by atoms with Crippen LogP contribution < -0.4 is 0 Å². The molecule has 0 atom stereocenters. The molecular weight excluding hydrogens is 68.0 g/mol. The Balaban J connectivity index is 2.40. The third-order valence-electron chi connectivity index (χ3n) is 0.204. The van der Waals surface area contributed by atoms with Crippen molar-refractivity contribution in [2.24, 2.45) is 0 Å². The van der Waals surface area contributed by atoms with E-state index in [0.29, 0.717) is 0 Å². The fourth-order valence-corrected chi connectivity index (χ4v) is 0.0417. The predicted octanol–water partition coefficient (Wildman–Crippen LogP) is -0.0833. The molecule has 2 nitrogen and oxygen atoms in total. The van der Waals surface area contributed by atoms with Gasteiger partial charge in [-0.1, -0.05) is 0 Å². The molecule has 5 heavy (non-hydrogen) atoms. The summed E-state index contributed by atoms with van der Waals surface area (Å²) in [6.07, 6.45) is 1.48. The third kappa shape index (κ3) is 3.63. The summed E-state index contributed by atoms with van der Waals surface area (Å²) in [6.45, 7) is -0.330. The van der Waals surface area contributed by atoms with Crippen LogP contribution in [0.25, 0.3) is 0 Å². The zero-order valence-electron chi connectivity index (χ0n) is 2.73. The average Bonchev–Trinajstić information content (AvgIpc) is 1.41. The van der Waals surface area contributed by atoms with E-state index < -0.39 is 0 Å². The SMILES string of the molecule is [O]CC[C]=O. The van der Waals surface area contributed by atoms with Gasteiger partial charge in [-0.3, -0.25) is 4.79 Å². The van der Waals surface area contributed by atoms with Gasteiger partial charge in [0, 0.05) is 6.42 Å². The number of rotatable bonds is 2. The van der Waals surface area contributed by atoms with Crippen molar-refractivity contribution in [2.45, 2.75) is 6.42 Å². The molecule has 0 unspecified atom stereocenters. The Bertz CT molecular complexity index is 26.1. The first-order valence-electron chi connectivity index (χ1n) is 1.35. The average molecular weight is 72.1 g/mol. The Hall–Kier alpha value is -0.370. The van der Waals surface area contributed by atoms with Crippen molar-refractivity contribution in [3.05, 3.63) is 0 Å². The number of carbonyl (C=O) groups excluding carboxylic acids is 1. The maximum Gasteiger partial charge on any atom is 0.200 e. The zero-order valence-corrected chi connectivity index (χ0v) is 2.73. The quantitative estimate of drug-likeness (QED) is 0.449. The molecule has 0 aromatic carbocycles. The van der Waals surface area contributed by atoms with E-state index >= 15 is 0 Å². The van der Waals surface area contributed by atoms with E-state index in [-0.39, 0.29) is 13.0 Å². The number of hydrogen-bond acceptors (Lipinski definition) is 1. The summed E-state index contributed by atoms with van der Waals surface area (Å²) < 4.78 is 0. The summed E-state index contributed by atoms with van der Waals surface area (Å²) in [5.74, 6) is 0. The molecule has 0 aromatic heterocycles. The van der Waals surface area contributed by atoms with E-state index in [4.69, 9.17) is 4.79 Å². The molecule has 0 aromatic rings. The van der Waals surface area contributed by atoms with E-state index in [0.717, 1.165) is 0 Å². The van der Waals surface area contributed by atoms with Crippen molar-refractivity contribution in [2.75, 3.05) is 6.61 Å². The van der Waals surface area contributed by atoms with Gasteiger partial charge < -0.3 is 0 Å². The van der Waals surface area contributed by atoms with Gasteiger partial charge in [0.15, 0.2) is 0 Å². The Labute approximate surface area is 30.4 Å². The summed E-state index contributed by atoms with van der Waals surface area (Å²) >= 11 is 0. The van der Waals surface area contributed by atoms with Crippen LogP contribution in [0.1, 0.15) is 6.42 Å². The lowest BCUT2D eigenvalue weighted by atomic mass is 10.5. The highest BCUT2D eigenvalue weighted by Gasteiger charge is 1.72. The summed E-state index contributed by atoms with van der Waals surface area (Å²) in [5.41, 5.74) is 0. The smallest absolute Gasteiger partial charge is 0.200 e. The molecule has 0 aliphatic rings. The van der Waals surface area contributed by atoms with Gasteiger partial charge in [-0.25, -0.2) is 5.11 Å². The third-order valence-corrected chi connectivity index (χ3v) is 0.204. The second kappa shape index (κ2) is 3.63. The summed E-state index contributed by atoms with van der Waals surface area (Å²) in [5, 5.41) is 9.27. The molecule has 2 radical (unpaired) electrons. The first-order chi connectivity index (χ1) is 2.41. The largest absolute Gasteiger partial charge is 0.291 e. The second-order valence-electron chi connectivity index (χ2n) is 0.598. The van der Waals surface area contributed by atoms with Crippen LogP contribution in [0.5, 0.6) is 0 Å². The molecule has 0 aliphatic carbocycles. The van der Waals surface area contributed by atoms with Gasteiger partial charge >= 0.3 is 0 Å². The van der Waals surface area contributed by atoms with Crippen LogP contribution in [-0.2, 0) is 9.90 Å². The molecule has 0 heterocycles. The normalized spacial score (nSPS) is 7.40. The Kier molecular flexibility index (Phi) is 3.36. The van der Waals surface area contributed by atoms with Gasteiger partial charge in [0.25, 0.3) is 0 Å². The van der Waals surface area contributed by atoms with E-state index in [1.165, 1.54) is 6.29 Å². The van der Waals surface area contributed by atoms with E-state index in [2.05, 4.69) is 0 Å². The maximum absolute atomic E-state index is 9.27. The Morgan fingerprint density at radius 1 is 1.60 bits per heavy atom. The van der Waals surface area contributed by atoms with Gasteiger partial charge in [-0.15, -0.1) is 0 Å². The molecule has 0 amide bonds. The second-order valence-corrected chi connectivity index (χ2v) is 0.598. The molecule has 2 heteroatoms. The summed E-state index contributed by atoms with van der Waals surface area (Å²) in [6, 6.07) is 0. The highest BCUT2D eigenvalue weighted by Crippen LogP contribution is 1.60. The minimum atomic E-state index is -0.330. The Morgan fingerprint density at radius 2 is 2.20 bits per heavy atom. The van der Waals surface area contributed by atoms with Crippen LogP contribution in [0.4, 0.5) is 0 Å². The lowest BCUT2D eigenvalue weighted by Gasteiger charge is -1.63. The lowest BCUT2D eigenvalue weighted by Crippen LogP contribution is -1.76. The van der Waals surface area contributed by atoms with Crippen molar-refractivity contribution in [3.63, 3.8) is 0 Å². The molecule has 0 aliphatic heterocycles. The van der Waals surface area contributed by atoms with Gasteiger partial charge in [-0.2, -0.15) is 0 Å². The molecule has 0 rings (SSSR count). The van der Waals surface area contributed by atoms with Gasteiger partial charge in [0.2, 0.25) is 6.29 Å². The maximum atomic E-state index is 9.27. The molecule has 0 saturated carbocycles. The van der Waals surface area contributed by atoms with Gasteiger partial charge in [0.1, 0.15) is 0 Å². The monoisotopic (exact) mass is 72.0 g/mol. The summed E-state index contributed by atoms with van der Waals surface area (Å²) in [4.78, 5) is 9.08. The minimum Gasteiger partial charge on any atom is -0.291 e. The molecule has 0 fully saturated rings. The molecule has 0 N–H and O–H groups in total. The van der Waals surface area contributed by atoms with Crippen molar-refractivity contribution in [1.82, 2.24) is 0 Å². The Morgan fingerprint density at radius 3 is 2.20 bits per heavy atom. The molecular formula is C3H4O2. The fraction of sp³-hybridized carbons (Fsp3) is 0.667. The van der Waals surface area contributed by atoms with Gasteiger partial charge in [0.05, 0.1) is 6.61 Å². The standard InChI is InChI=1S/C3H4O2/c4-2-1-3-5/h1-2H2. The van der Waals surface area contributed by atoms with Crippen LogP contribution in [0, 0.1) is 0 Å². The van der Waals surface area contributed by atoms with Crippen molar-refractivity contribution < 1.29 is 9.90 Å². The molecule has 0 spiro atoms. The molecule has 0 saturated heterocycles. The predicted molar refractivity (Wildman–Crippen MR) is 15.9 cm³/mol. The van der Waals surface area contributed by atoms with Crippen LogP contribution in [-0.4, -0.2) is 12.9 Å². The van der Waals surface area contributed by atoms with E-state index in [9.17, 15) is 5.11 Å². The first-order valence-corrected chi connectivity index (χ1v) is 1.35. The van der Waals surface area contributed by atoms with Gasteiger partial charge in [-0.05, 0) is 0 Å². The molecule has 28 valence electrons. The van der Waals surface area contributed by atoms with Crippen molar-refractivity contribution in [3.8, 4) is 0 Å². The zero-order chi connectivity index (χ0) is 4.12. The van der Waals surface area contributed by atoms with E-state index in [1.807, 2.05) is 0 Å². The van der Waals surface area contributed by atoms with Crippen LogP contribution in [0.15, 0.2) is 0 Å².